The monoisotopic (exact) mass is 446 g/mol. The van der Waals surface area contributed by atoms with E-state index in [4.69, 9.17) is 4.74 Å². The molecule has 1 aliphatic heterocycles. The van der Waals surface area contributed by atoms with Crippen LogP contribution in [0.3, 0.4) is 0 Å². The molecule has 0 saturated heterocycles. The van der Waals surface area contributed by atoms with Crippen molar-refractivity contribution < 1.29 is 14.3 Å². The number of amides is 1. The summed E-state index contributed by atoms with van der Waals surface area (Å²) in [5, 5.41) is 0. The number of esters is 1. The lowest BCUT2D eigenvalue weighted by Gasteiger charge is -2.18. The molecular weight excluding hydrogens is 424 g/mol. The Morgan fingerprint density at radius 1 is 0.853 bits per heavy atom. The minimum atomic E-state index is -0.404. The van der Waals surface area contributed by atoms with Crippen LogP contribution in [0.2, 0.25) is 0 Å². The maximum atomic E-state index is 14.0. The van der Waals surface area contributed by atoms with Gasteiger partial charge in [0, 0.05) is 29.1 Å². The molecule has 0 saturated carbocycles. The zero-order valence-corrected chi connectivity index (χ0v) is 18.6. The van der Waals surface area contributed by atoms with E-state index in [9.17, 15) is 9.59 Å². The summed E-state index contributed by atoms with van der Waals surface area (Å²) in [4.78, 5) is 32.1. The van der Waals surface area contributed by atoms with E-state index >= 15 is 0 Å². The molecule has 34 heavy (non-hydrogen) atoms. The Kier molecular flexibility index (Phi) is 5.75. The quantitative estimate of drug-likeness (QED) is 0.305. The zero-order valence-electron chi connectivity index (χ0n) is 18.6. The van der Waals surface area contributed by atoms with Crippen molar-refractivity contribution in [2.24, 2.45) is 0 Å². The van der Waals surface area contributed by atoms with E-state index in [0.717, 1.165) is 33.5 Å². The molecule has 1 amide bonds. The molecule has 1 aromatic heterocycles. The van der Waals surface area contributed by atoms with E-state index in [1.165, 1.54) is 7.11 Å². The molecule has 0 radical (unpaired) electrons. The number of anilines is 1. The Balaban J connectivity index is 1.66. The Hall–Kier alpha value is -4.51. The zero-order chi connectivity index (χ0) is 23.5. The second-order valence-electron chi connectivity index (χ2n) is 7.96. The van der Waals surface area contributed by atoms with Crippen LogP contribution in [0.5, 0.6) is 0 Å². The highest BCUT2D eigenvalue weighted by Gasteiger charge is 2.35. The lowest BCUT2D eigenvalue weighted by molar-refractivity contribution is -0.113. The second-order valence-corrected chi connectivity index (χ2v) is 7.96. The number of pyridine rings is 1. The van der Waals surface area contributed by atoms with Gasteiger partial charge in [-0.15, -0.1) is 0 Å². The molecule has 0 aliphatic carbocycles. The molecule has 3 aromatic carbocycles. The number of benzene rings is 3. The molecular formula is C29H22N2O3. The van der Waals surface area contributed by atoms with Crippen LogP contribution in [0, 0.1) is 0 Å². The van der Waals surface area contributed by atoms with Crippen LogP contribution in [-0.4, -0.2) is 24.0 Å². The van der Waals surface area contributed by atoms with Gasteiger partial charge in [0.15, 0.2) is 0 Å². The third-order valence-electron chi connectivity index (χ3n) is 5.87. The Morgan fingerprint density at radius 3 is 2.35 bits per heavy atom. The maximum Gasteiger partial charge on any atom is 0.337 e. The van der Waals surface area contributed by atoms with Gasteiger partial charge in [-0.1, -0.05) is 66.7 Å². The number of fused-ring (bicyclic) bond motifs is 1. The average Bonchev–Trinajstić information content (AvgIpc) is 3.16. The number of rotatable bonds is 5. The van der Waals surface area contributed by atoms with Crippen molar-refractivity contribution in [3.05, 3.63) is 131 Å². The number of carbonyl (C=O) groups is 2. The SMILES string of the molecule is COC(=O)c1cccc(CN2C(=O)/C(=C(\c3ccccc3)c3cccnc3)c3ccccc32)c1. The fraction of sp³-hybridized carbons (Fsp3) is 0.0690. The van der Waals surface area contributed by atoms with Gasteiger partial charge in [-0.3, -0.25) is 9.78 Å². The standard InChI is InChI=1S/C29H22N2O3/c1-34-29(33)22-12-7-9-20(17-22)19-31-25-15-6-5-14-24(25)27(28(31)32)26(21-10-3-2-4-11-21)23-13-8-16-30-18-23/h2-18H,19H2,1H3/b27-26+. The van der Waals surface area contributed by atoms with Crippen LogP contribution in [0.1, 0.15) is 32.6 Å². The van der Waals surface area contributed by atoms with Crippen LogP contribution in [0.25, 0.3) is 11.1 Å². The lowest BCUT2D eigenvalue weighted by atomic mass is 9.91. The number of para-hydroxylation sites is 1. The van der Waals surface area contributed by atoms with Crippen LogP contribution in [0.4, 0.5) is 5.69 Å². The summed E-state index contributed by atoms with van der Waals surface area (Å²) in [6, 6.07) is 28.7. The number of nitrogens with zero attached hydrogens (tertiary/aromatic N) is 2. The van der Waals surface area contributed by atoms with E-state index in [1.54, 1.807) is 35.5 Å². The fourth-order valence-corrected chi connectivity index (χ4v) is 4.35. The predicted molar refractivity (Wildman–Crippen MR) is 132 cm³/mol. The second kappa shape index (κ2) is 9.16. The van der Waals surface area contributed by atoms with E-state index < -0.39 is 5.97 Å². The molecule has 166 valence electrons. The largest absolute Gasteiger partial charge is 0.465 e. The van der Waals surface area contributed by atoms with Crippen molar-refractivity contribution in [2.75, 3.05) is 12.0 Å². The van der Waals surface area contributed by atoms with Gasteiger partial charge >= 0.3 is 5.97 Å². The molecule has 5 rings (SSSR count). The highest BCUT2D eigenvalue weighted by molar-refractivity contribution is 6.38. The predicted octanol–water partition coefficient (Wildman–Crippen LogP) is 5.37. The highest BCUT2D eigenvalue weighted by Crippen LogP contribution is 2.43. The van der Waals surface area contributed by atoms with Gasteiger partial charge in [-0.05, 0) is 35.4 Å². The van der Waals surface area contributed by atoms with E-state index in [1.807, 2.05) is 72.8 Å². The third kappa shape index (κ3) is 3.88. The molecule has 4 aromatic rings. The number of ether oxygens (including phenoxy) is 1. The summed E-state index contributed by atoms with van der Waals surface area (Å²) < 4.78 is 4.85. The van der Waals surface area contributed by atoms with Crippen molar-refractivity contribution in [1.29, 1.82) is 0 Å². The molecule has 0 fully saturated rings. The number of hydrogen-bond donors (Lipinski definition) is 0. The number of carbonyl (C=O) groups excluding carboxylic acids is 2. The first-order valence-electron chi connectivity index (χ1n) is 11.0. The molecule has 0 bridgehead atoms. The van der Waals surface area contributed by atoms with Crippen LogP contribution in [-0.2, 0) is 16.1 Å². The molecule has 2 heterocycles. The van der Waals surface area contributed by atoms with Crippen LogP contribution >= 0.6 is 0 Å². The van der Waals surface area contributed by atoms with Gasteiger partial charge in [0.1, 0.15) is 0 Å². The topological polar surface area (TPSA) is 59.5 Å². The smallest absolute Gasteiger partial charge is 0.337 e. The van der Waals surface area contributed by atoms with Gasteiger partial charge in [-0.25, -0.2) is 4.79 Å². The summed E-state index contributed by atoms with van der Waals surface area (Å²) in [5.74, 6) is -0.495. The molecule has 0 atom stereocenters. The number of methoxy groups -OCH3 is 1. The van der Waals surface area contributed by atoms with Crippen molar-refractivity contribution in [3.8, 4) is 0 Å². The summed E-state index contributed by atoms with van der Waals surface area (Å²) in [6.07, 6.45) is 3.51. The molecule has 1 aliphatic rings. The molecule has 0 spiro atoms. The molecule has 0 N–H and O–H groups in total. The maximum absolute atomic E-state index is 14.0. The number of hydrogen-bond acceptors (Lipinski definition) is 4. The van der Waals surface area contributed by atoms with Crippen LogP contribution in [0.15, 0.2) is 103 Å². The van der Waals surface area contributed by atoms with Crippen molar-refractivity contribution in [3.63, 3.8) is 0 Å². The molecule has 5 heteroatoms. The first-order chi connectivity index (χ1) is 16.7. The number of aromatic nitrogens is 1. The van der Waals surface area contributed by atoms with Crippen molar-refractivity contribution in [2.45, 2.75) is 6.54 Å². The minimum absolute atomic E-state index is 0.0904. The fourth-order valence-electron chi connectivity index (χ4n) is 4.35. The van der Waals surface area contributed by atoms with Gasteiger partial charge in [0.05, 0.1) is 30.5 Å². The summed E-state index contributed by atoms with van der Waals surface area (Å²) in [7, 11) is 1.36. The molecule has 5 nitrogen and oxygen atoms in total. The van der Waals surface area contributed by atoms with Gasteiger partial charge < -0.3 is 9.64 Å². The van der Waals surface area contributed by atoms with Gasteiger partial charge in [0.2, 0.25) is 0 Å². The van der Waals surface area contributed by atoms with Crippen molar-refractivity contribution >= 4 is 28.7 Å². The van der Waals surface area contributed by atoms with Gasteiger partial charge in [-0.2, -0.15) is 0 Å². The van der Waals surface area contributed by atoms with E-state index in [2.05, 4.69) is 4.98 Å². The highest BCUT2D eigenvalue weighted by atomic mass is 16.5. The molecule has 0 unspecified atom stereocenters. The first-order valence-corrected chi connectivity index (χ1v) is 11.0. The van der Waals surface area contributed by atoms with E-state index in [-0.39, 0.29) is 5.91 Å². The first kappa shape index (κ1) is 21.3. The van der Waals surface area contributed by atoms with E-state index in [0.29, 0.717) is 17.7 Å². The average molecular weight is 447 g/mol. The Labute approximate surface area is 198 Å². The van der Waals surface area contributed by atoms with Crippen molar-refractivity contribution in [1.82, 2.24) is 4.98 Å². The summed E-state index contributed by atoms with van der Waals surface area (Å²) in [5.41, 5.74) is 6.31. The van der Waals surface area contributed by atoms with Gasteiger partial charge in [0.25, 0.3) is 5.91 Å². The minimum Gasteiger partial charge on any atom is -0.465 e. The normalized spacial score (nSPS) is 14.0. The Bertz CT molecular complexity index is 1350. The van der Waals surface area contributed by atoms with Crippen LogP contribution < -0.4 is 4.90 Å². The lowest BCUT2D eigenvalue weighted by Crippen LogP contribution is -2.26. The summed E-state index contributed by atoms with van der Waals surface area (Å²) >= 11 is 0. The third-order valence-corrected chi connectivity index (χ3v) is 5.87. The summed E-state index contributed by atoms with van der Waals surface area (Å²) in [6.45, 7) is 0.333. The Morgan fingerprint density at radius 2 is 1.59 bits per heavy atom.